The molecule has 0 aliphatic heterocycles. The summed E-state index contributed by atoms with van der Waals surface area (Å²) in [6, 6.07) is 8.55. The first kappa shape index (κ1) is 16.7. The van der Waals surface area contributed by atoms with Gasteiger partial charge in [0.25, 0.3) is 0 Å². The molecule has 0 aromatic heterocycles. The van der Waals surface area contributed by atoms with E-state index in [2.05, 4.69) is 15.9 Å². The van der Waals surface area contributed by atoms with Gasteiger partial charge < -0.3 is 14.6 Å². The highest BCUT2D eigenvalue weighted by Gasteiger charge is 2.36. The normalized spacial score (nSPS) is 24.3. The average molecular weight is 369 g/mol. The van der Waals surface area contributed by atoms with Crippen LogP contribution in [0.15, 0.2) is 42.0 Å². The molecular weight excluding hydrogens is 352 g/mol. The number of rotatable bonds is 4. The Morgan fingerprint density at radius 3 is 2.55 bits per heavy atom. The number of carbonyl (C=O) groups is 2. The van der Waals surface area contributed by atoms with Gasteiger partial charge >= 0.3 is 11.9 Å². The van der Waals surface area contributed by atoms with Crippen LogP contribution in [-0.2, 0) is 14.3 Å². The Kier molecular flexibility index (Phi) is 5.74. The molecule has 0 saturated heterocycles. The third-order valence-corrected chi connectivity index (χ3v) is 4.06. The lowest BCUT2D eigenvalue weighted by Crippen LogP contribution is -2.41. The lowest BCUT2D eigenvalue weighted by Gasteiger charge is -2.30. The molecule has 0 spiro atoms. The number of hydrogen-bond acceptors (Lipinski definition) is 5. The van der Waals surface area contributed by atoms with Crippen molar-refractivity contribution in [3.8, 4) is 0 Å². The maximum absolute atomic E-state index is 12.1. The van der Waals surface area contributed by atoms with Gasteiger partial charge in [0.1, 0.15) is 6.10 Å². The average Bonchev–Trinajstić information content (AvgIpc) is 2.51. The zero-order chi connectivity index (χ0) is 16.1. The highest BCUT2D eigenvalue weighted by Crippen LogP contribution is 2.28. The van der Waals surface area contributed by atoms with Gasteiger partial charge in [0.2, 0.25) is 0 Å². The van der Waals surface area contributed by atoms with Crippen LogP contribution < -0.4 is 0 Å². The van der Waals surface area contributed by atoms with E-state index in [4.69, 9.17) is 9.47 Å². The summed E-state index contributed by atoms with van der Waals surface area (Å²) in [5, 5.41) is 10.2. The fourth-order valence-corrected chi connectivity index (χ4v) is 2.97. The number of hydrogen-bond donors (Lipinski definition) is 1. The third-order valence-electron chi connectivity index (χ3n) is 3.27. The zero-order valence-electron chi connectivity index (χ0n) is 12.1. The van der Waals surface area contributed by atoms with Gasteiger partial charge in [-0.1, -0.05) is 40.2 Å². The molecule has 1 aliphatic carbocycles. The summed E-state index contributed by atoms with van der Waals surface area (Å²) in [6.45, 7) is 1.99. The molecule has 1 aliphatic rings. The van der Waals surface area contributed by atoms with Crippen LogP contribution >= 0.6 is 15.9 Å². The summed E-state index contributed by atoms with van der Waals surface area (Å²) in [5.74, 6) is -0.971. The Hall–Kier alpha value is -1.66. The molecule has 0 fully saturated rings. The number of esters is 2. The quantitative estimate of drug-likeness (QED) is 0.651. The molecule has 3 atom stereocenters. The first-order valence-corrected chi connectivity index (χ1v) is 7.90. The first-order valence-electron chi connectivity index (χ1n) is 6.99. The van der Waals surface area contributed by atoms with Crippen LogP contribution in [0.25, 0.3) is 0 Å². The second-order valence-electron chi connectivity index (χ2n) is 4.86. The van der Waals surface area contributed by atoms with Crippen LogP contribution in [-0.4, -0.2) is 40.7 Å². The van der Waals surface area contributed by atoms with E-state index in [1.165, 1.54) is 0 Å². The molecule has 0 saturated carbocycles. The van der Waals surface area contributed by atoms with Crippen molar-refractivity contribution in [2.24, 2.45) is 0 Å². The molecule has 0 bridgehead atoms. The number of alkyl halides is 1. The summed E-state index contributed by atoms with van der Waals surface area (Å²) in [7, 11) is 0. The second kappa shape index (κ2) is 7.56. The van der Waals surface area contributed by atoms with Crippen LogP contribution in [0.4, 0.5) is 0 Å². The Labute approximate surface area is 137 Å². The van der Waals surface area contributed by atoms with Gasteiger partial charge in [0.05, 0.1) is 23.1 Å². The van der Waals surface area contributed by atoms with Crippen molar-refractivity contribution in [2.45, 2.75) is 30.4 Å². The largest absolute Gasteiger partial charge is 0.463 e. The van der Waals surface area contributed by atoms with Crippen LogP contribution in [0.1, 0.15) is 23.7 Å². The predicted molar refractivity (Wildman–Crippen MR) is 83.7 cm³/mol. The van der Waals surface area contributed by atoms with Gasteiger partial charge in [0.15, 0.2) is 0 Å². The van der Waals surface area contributed by atoms with Crippen molar-refractivity contribution < 1.29 is 24.2 Å². The highest BCUT2D eigenvalue weighted by atomic mass is 79.9. The molecule has 0 amide bonds. The van der Waals surface area contributed by atoms with Gasteiger partial charge in [-0.15, -0.1) is 0 Å². The van der Waals surface area contributed by atoms with Gasteiger partial charge in [-0.3, -0.25) is 0 Å². The zero-order valence-corrected chi connectivity index (χ0v) is 13.7. The molecular formula is C16H17BrO5. The van der Waals surface area contributed by atoms with Crippen molar-refractivity contribution in [2.75, 3.05) is 6.61 Å². The minimum atomic E-state index is -0.971. The standard InChI is InChI=1S/C16H17BrO5/c1-2-21-15(19)11-8-12(17)14(13(18)9-11)22-16(20)10-6-4-3-5-7-10/h3-8,12-14,18H,2,9H2,1H3/t12-,13+,14+/m0/s1. The lowest BCUT2D eigenvalue weighted by atomic mass is 9.94. The molecule has 5 nitrogen and oxygen atoms in total. The first-order chi connectivity index (χ1) is 10.5. The second-order valence-corrected chi connectivity index (χ2v) is 5.92. The van der Waals surface area contributed by atoms with E-state index in [1.807, 2.05) is 0 Å². The highest BCUT2D eigenvalue weighted by molar-refractivity contribution is 9.09. The summed E-state index contributed by atoms with van der Waals surface area (Å²) in [5.41, 5.74) is 0.790. The molecule has 0 unspecified atom stereocenters. The molecule has 0 radical (unpaired) electrons. The fourth-order valence-electron chi connectivity index (χ4n) is 2.19. The molecule has 118 valence electrons. The third kappa shape index (κ3) is 3.96. The lowest BCUT2D eigenvalue weighted by molar-refractivity contribution is -0.139. The Bertz CT molecular complexity index is 569. The number of carbonyl (C=O) groups excluding carboxylic acids is 2. The summed E-state index contributed by atoms with van der Waals surface area (Å²) < 4.78 is 10.3. The van der Waals surface area contributed by atoms with Crippen molar-refractivity contribution in [3.63, 3.8) is 0 Å². The van der Waals surface area contributed by atoms with Crippen LogP contribution in [0, 0.1) is 0 Å². The monoisotopic (exact) mass is 368 g/mol. The van der Waals surface area contributed by atoms with Gasteiger partial charge in [-0.2, -0.15) is 0 Å². The molecule has 1 N–H and O–H groups in total. The predicted octanol–water partition coefficient (Wildman–Crippen LogP) is 2.23. The molecule has 0 heterocycles. The minimum Gasteiger partial charge on any atom is -0.463 e. The fraction of sp³-hybridized carbons (Fsp3) is 0.375. The Balaban J connectivity index is 2.07. The van der Waals surface area contributed by atoms with E-state index >= 15 is 0 Å². The van der Waals surface area contributed by atoms with E-state index in [0.29, 0.717) is 11.1 Å². The van der Waals surface area contributed by atoms with Gasteiger partial charge in [-0.05, 0) is 19.1 Å². The van der Waals surface area contributed by atoms with E-state index < -0.39 is 29.0 Å². The molecule has 2 rings (SSSR count). The maximum Gasteiger partial charge on any atom is 0.338 e. The van der Waals surface area contributed by atoms with E-state index in [9.17, 15) is 14.7 Å². The minimum absolute atomic E-state index is 0.0909. The molecule has 22 heavy (non-hydrogen) atoms. The van der Waals surface area contributed by atoms with Crippen molar-refractivity contribution >= 4 is 27.9 Å². The number of benzene rings is 1. The SMILES string of the molecule is CCOC(=O)C1=C[C@H](Br)[C@@H](OC(=O)c2ccccc2)[C@H](O)C1. The van der Waals surface area contributed by atoms with Gasteiger partial charge in [-0.25, -0.2) is 9.59 Å². The van der Waals surface area contributed by atoms with E-state index in [1.54, 1.807) is 43.3 Å². The smallest absolute Gasteiger partial charge is 0.338 e. The van der Waals surface area contributed by atoms with E-state index in [0.717, 1.165) is 0 Å². The molecule has 1 aromatic carbocycles. The van der Waals surface area contributed by atoms with Crippen LogP contribution in [0.5, 0.6) is 0 Å². The van der Waals surface area contributed by atoms with Crippen LogP contribution in [0.3, 0.4) is 0 Å². The van der Waals surface area contributed by atoms with Crippen molar-refractivity contribution in [3.05, 3.63) is 47.5 Å². The number of aliphatic hydroxyl groups is 1. The maximum atomic E-state index is 12.1. The summed E-state index contributed by atoms with van der Waals surface area (Å²) >= 11 is 3.33. The Morgan fingerprint density at radius 2 is 1.95 bits per heavy atom. The van der Waals surface area contributed by atoms with Gasteiger partial charge in [0, 0.05) is 12.0 Å². The molecule has 6 heteroatoms. The number of aliphatic hydroxyl groups excluding tert-OH is 1. The Morgan fingerprint density at radius 1 is 1.27 bits per heavy atom. The van der Waals surface area contributed by atoms with Crippen molar-refractivity contribution in [1.29, 1.82) is 0 Å². The van der Waals surface area contributed by atoms with E-state index in [-0.39, 0.29) is 13.0 Å². The topological polar surface area (TPSA) is 72.8 Å². The van der Waals surface area contributed by atoms with Crippen LogP contribution in [0.2, 0.25) is 0 Å². The molecule has 1 aromatic rings. The number of ether oxygens (including phenoxy) is 2. The summed E-state index contributed by atoms with van der Waals surface area (Å²) in [6.07, 6.45) is -0.0197. The summed E-state index contributed by atoms with van der Waals surface area (Å²) in [4.78, 5) is 23.3. The number of halogens is 1. The van der Waals surface area contributed by atoms with Crippen molar-refractivity contribution in [1.82, 2.24) is 0 Å².